The predicted octanol–water partition coefficient (Wildman–Crippen LogP) is 6.21. The molecular formula is C27H27N3O3S. The van der Waals surface area contributed by atoms with Crippen molar-refractivity contribution in [3.05, 3.63) is 77.9 Å². The van der Waals surface area contributed by atoms with Gasteiger partial charge in [0.1, 0.15) is 11.3 Å². The van der Waals surface area contributed by atoms with E-state index in [4.69, 9.17) is 21.4 Å². The van der Waals surface area contributed by atoms with Crippen LogP contribution in [-0.4, -0.2) is 22.6 Å². The van der Waals surface area contributed by atoms with Crippen molar-refractivity contribution in [3.8, 4) is 17.2 Å². The van der Waals surface area contributed by atoms with Crippen LogP contribution in [0, 0.1) is 6.92 Å². The topological polar surface area (TPSA) is 76.4 Å². The molecule has 0 saturated heterocycles. The molecule has 1 amide bonds. The van der Waals surface area contributed by atoms with Gasteiger partial charge in [0.25, 0.3) is 5.91 Å². The Balaban J connectivity index is 1.34. The van der Waals surface area contributed by atoms with E-state index in [2.05, 4.69) is 41.6 Å². The fourth-order valence-corrected chi connectivity index (χ4v) is 3.72. The molecule has 3 aromatic carbocycles. The van der Waals surface area contributed by atoms with Crippen molar-refractivity contribution in [3.63, 3.8) is 0 Å². The molecule has 4 rings (SSSR count). The van der Waals surface area contributed by atoms with Crippen LogP contribution >= 0.6 is 12.2 Å². The summed E-state index contributed by atoms with van der Waals surface area (Å²) < 4.78 is 11.5. The van der Waals surface area contributed by atoms with E-state index in [9.17, 15) is 4.79 Å². The van der Waals surface area contributed by atoms with Crippen LogP contribution in [-0.2, 0) is 4.79 Å². The summed E-state index contributed by atoms with van der Waals surface area (Å²) in [6, 6.07) is 21.2. The monoisotopic (exact) mass is 473 g/mol. The highest BCUT2D eigenvalue weighted by Gasteiger charge is 2.12. The van der Waals surface area contributed by atoms with Crippen molar-refractivity contribution < 1.29 is 13.9 Å². The van der Waals surface area contributed by atoms with Gasteiger partial charge < -0.3 is 14.5 Å². The number of ether oxygens (including phenoxy) is 1. The Morgan fingerprint density at radius 1 is 1.12 bits per heavy atom. The normalized spacial score (nSPS) is 11.7. The van der Waals surface area contributed by atoms with Crippen LogP contribution in [0.5, 0.6) is 5.75 Å². The van der Waals surface area contributed by atoms with E-state index in [1.54, 1.807) is 0 Å². The number of amides is 1. The number of hydrogen-bond donors (Lipinski definition) is 2. The molecule has 0 aliphatic rings. The van der Waals surface area contributed by atoms with Gasteiger partial charge in [0, 0.05) is 11.3 Å². The van der Waals surface area contributed by atoms with E-state index in [1.807, 2.05) is 61.5 Å². The van der Waals surface area contributed by atoms with Crippen molar-refractivity contribution in [2.45, 2.75) is 33.1 Å². The number of carbonyl (C=O) groups is 1. The van der Waals surface area contributed by atoms with Crippen LogP contribution in [0.25, 0.3) is 22.6 Å². The summed E-state index contributed by atoms with van der Waals surface area (Å²) >= 11 is 5.25. The second-order valence-corrected chi connectivity index (χ2v) is 8.60. The zero-order valence-corrected chi connectivity index (χ0v) is 20.2. The number of anilines is 1. The average molecular weight is 474 g/mol. The number of carbonyl (C=O) groups excluding carboxylic acids is 1. The predicted molar refractivity (Wildman–Crippen MR) is 139 cm³/mol. The van der Waals surface area contributed by atoms with Crippen LogP contribution in [0.1, 0.15) is 37.3 Å². The summed E-state index contributed by atoms with van der Waals surface area (Å²) in [4.78, 5) is 16.8. The third-order valence-electron chi connectivity index (χ3n) is 5.69. The number of aromatic nitrogens is 1. The number of nitrogens with one attached hydrogen (secondary N) is 2. The molecule has 7 heteroatoms. The SMILES string of the molecule is CC[C@@H](C)c1ccc2oc(-c3ccc(NC(=S)NC(=O)COc4ccccc4C)cc3)nc2c1. The second kappa shape index (κ2) is 10.5. The number of aryl methyl sites for hydroxylation is 1. The van der Waals surface area contributed by atoms with E-state index in [1.165, 1.54) is 5.56 Å². The second-order valence-electron chi connectivity index (χ2n) is 8.19. The van der Waals surface area contributed by atoms with Crippen LogP contribution < -0.4 is 15.4 Å². The first-order chi connectivity index (χ1) is 16.4. The van der Waals surface area contributed by atoms with Gasteiger partial charge >= 0.3 is 0 Å². The van der Waals surface area contributed by atoms with Crippen LogP contribution in [0.4, 0.5) is 5.69 Å². The molecule has 4 aromatic rings. The zero-order valence-electron chi connectivity index (χ0n) is 19.4. The molecule has 0 bridgehead atoms. The van der Waals surface area contributed by atoms with Crippen molar-refractivity contribution in [2.24, 2.45) is 0 Å². The highest BCUT2D eigenvalue weighted by atomic mass is 32.1. The molecule has 0 aliphatic carbocycles. The maximum absolute atomic E-state index is 12.2. The lowest BCUT2D eigenvalue weighted by atomic mass is 9.98. The van der Waals surface area contributed by atoms with Gasteiger partial charge in [-0.15, -0.1) is 0 Å². The molecule has 0 saturated carbocycles. The molecule has 2 N–H and O–H groups in total. The maximum Gasteiger partial charge on any atom is 0.264 e. The number of oxazole rings is 1. The van der Waals surface area contributed by atoms with Gasteiger partial charge in [-0.05, 0) is 85.1 Å². The summed E-state index contributed by atoms with van der Waals surface area (Å²) in [7, 11) is 0. The van der Waals surface area contributed by atoms with Gasteiger partial charge in [0.05, 0.1) is 0 Å². The smallest absolute Gasteiger partial charge is 0.264 e. The fourth-order valence-electron chi connectivity index (χ4n) is 3.49. The lowest BCUT2D eigenvalue weighted by Crippen LogP contribution is -2.37. The minimum atomic E-state index is -0.333. The molecule has 0 aliphatic heterocycles. The first-order valence-corrected chi connectivity index (χ1v) is 11.6. The molecule has 1 atom stereocenters. The summed E-state index contributed by atoms with van der Waals surface area (Å²) in [6.45, 7) is 6.18. The molecular weight excluding hydrogens is 446 g/mol. The molecule has 1 heterocycles. The third-order valence-corrected chi connectivity index (χ3v) is 5.89. The number of nitrogens with zero attached hydrogens (tertiary/aromatic N) is 1. The molecule has 0 spiro atoms. The van der Waals surface area contributed by atoms with Crippen molar-refractivity contribution in [1.29, 1.82) is 0 Å². The lowest BCUT2D eigenvalue weighted by molar-refractivity contribution is -0.121. The molecule has 34 heavy (non-hydrogen) atoms. The Morgan fingerprint density at radius 2 is 1.88 bits per heavy atom. The van der Waals surface area contributed by atoms with Gasteiger partial charge in [-0.2, -0.15) is 0 Å². The largest absolute Gasteiger partial charge is 0.483 e. The Morgan fingerprint density at radius 3 is 2.62 bits per heavy atom. The Bertz CT molecular complexity index is 1310. The van der Waals surface area contributed by atoms with E-state index in [0.29, 0.717) is 17.6 Å². The summed E-state index contributed by atoms with van der Waals surface area (Å²) in [5, 5.41) is 5.83. The minimum Gasteiger partial charge on any atom is -0.483 e. The molecule has 1 aromatic heterocycles. The van der Waals surface area contributed by atoms with Gasteiger partial charge in [-0.3, -0.25) is 10.1 Å². The van der Waals surface area contributed by atoms with E-state index < -0.39 is 0 Å². The number of hydrogen-bond acceptors (Lipinski definition) is 5. The van der Waals surface area contributed by atoms with Gasteiger partial charge in [-0.25, -0.2) is 4.98 Å². The van der Waals surface area contributed by atoms with Crippen LogP contribution in [0.15, 0.2) is 71.1 Å². The molecule has 174 valence electrons. The van der Waals surface area contributed by atoms with Gasteiger partial charge in [0.15, 0.2) is 17.3 Å². The summed E-state index contributed by atoms with van der Waals surface area (Å²) in [6.07, 6.45) is 1.08. The van der Waals surface area contributed by atoms with Crippen LogP contribution in [0.3, 0.4) is 0 Å². The van der Waals surface area contributed by atoms with E-state index >= 15 is 0 Å². The number of rotatable bonds is 7. The number of thiocarbonyl (C=S) groups is 1. The quantitative estimate of drug-likeness (QED) is 0.311. The van der Waals surface area contributed by atoms with Crippen molar-refractivity contribution in [1.82, 2.24) is 10.3 Å². The van der Waals surface area contributed by atoms with E-state index in [-0.39, 0.29) is 17.6 Å². The first-order valence-electron chi connectivity index (χ1n) is 11.2. The highest BCUT2D eigenvalue weighted by Crippen LogP contribution is 2.28. The molecule has 0 radical (unpaired) electrons. The van der Waals surface area contributed by atoms with E-state index in [0.717, 1.165) is 34.3 Å². The van der Waals surface area contributed by atoms with Crippen molar-refractivity contribution in [2.75, 3.05) is 11.9 Å². The highest BCUT2D eigenvalue weighted by molar-refractivity contribution is 7.80. The summed E-state index contributed by atoms with van der Waals surface area (Å²) in [5.74, 6) is 1.38. The van der Waals surface area contributed by atoms with Crippen LogP contribution in [0.2, 0.25) is 0 Å². The number of benzene rings is 3. The van der Waals surface area contributed by atoms with Gasteiger partial charge in [0.2, 0.25) is 5.89 Å². The average Bonchev–Trinajstić information content (AvgIpc) is 3.27. The Labute approximate surface area is 204 Å². The standard InChI is InChI=1S/C27H27N3O3S/c1-4-17(2)20-11-14-24-22(15-20)29-26(33-24)19-9-12-21(13-10-19)28-27(34)30-25(31)16-32-23-8-6-5-7-18(23)3/h5-15,17H,4,16H2,1-3H3,(H2,28,30,31,34)/t17-/m1/s1. The van der Waals surface area contributed by atoms with Crippen molar-refractivity contribution >= 4 is 40.0 Å². The Kier molecular flexibility index (Phi) is 7.23. The Hall–Kier alpha value is -3.71. The van der Waals surface area contributed by atoms with Gasteiger partial charge in [-0.1, -0.05) is 38.1 Å². The number of fused-ring (bicyclic) bond motifs is 1. The minimum absolute atomic E-state index is 0.123. The fraction of sp³-hybridized carbons (Fsp3) is 0.222. The number of para-hydroxylation sites is 1. The maximum atomic E-state index is 12.2. The first kappa shape index (κ1) is 23.4. The zero-order chi connectivity index (χ0) is 24.1. The molecule has 0 fully saturated rings. The lowest BCUT2D eigenvalue weighted by Gasteiger charge is -2.11. The third kappa shape index (κ3) is 5.61. The summed E-state index contributed by atoms with van der Waals surface area (Å²) in [5.41, 5.74) is 5.44. The molecule has 6 nitrogen and oxygen atoms in total. The molecule has 0 unspecified atom stereocenters.